The number of aromatic nitrogens is 4. The van der Waals surface area contributed by atoms with Crippen LogP contribution in [-0.4, -0.2) is 60.2 Å². The lowest BCUT2D eigenvalue weighted by molar-refractivity contribution is 0.0539. The Morgan fingerprint density at radius 1 is 1.09 bits per heavy atom. The van der Waals surface area contributed by atoms with Crippen molar-refractivity contribution in [2.24, 2.45) is 5.92 Å². The largest absolute Gasteiger partial charge is 0.494 e. The van der Waals surface area contributed by atoms with Crippen LogP contribution in [0.15, 0.2) is 37.1 Å². The molecular formula is C23H27N5O5. The summed E-state index contributed by atoms with van der Waals surface area (Å²) >= 11 is 0. The summed E-state index contributed by atoms with van der Waals surface area (Å²) in [5.74, 6) is 0.633. The van der Waals surface area contributed by atoms with Crippen LogP contribution in [0.1, 0.15) is 36.8 Å². The Labute approximate surface area is 191 Å². The number of aromatic hydroxyl groups is 2. The first-order chi connectivity index (χ1) is 16.1. The molecule has 2 aliphatic rings. The van der Waals surface area contributed by atoms with Gasteiger partial charge in [-0.05, 0) is 50.5 Å². The molecule has 33 heavy (non-hydrogen) atoms. The molecule has 5 rings (SSSR count). The van der Waals surface area contributed by atoms with Gasteiger partial charge in [0.25, 0.3) is 0 Å². The monoisotopic (exact) mass is 453 g/mol. The molecule has 1 fully saturated rings. The molecule has 0 atom stereocenters. The molecule has 3 aromatic rings. The Morgan fingerprint density at radius 2 is 1.82 bits per heavy atom. The Balaban J connectivity index is 1.17. The Morgan fingerprint density at radius 3 is 2.42 bits per heavy atom. The van der Waals surface area contributed by atoms with Gasteiger partial charge in [-0.2, -0.15) is 4.73 Å². The van der Waals surface area contributed by atoms with Gasteiger partial charge in [0.05, 0.1) is 18.1 Å². The molecule has 2 N–H and O–H groups in total. The zero-order chi connectivity index (χ0) is 22.8. The number of hydrogen-bond donors (Lipinski definition) is 2. The fourth-order valence-corrected chi connectivity index (χ4v) is 4.53. The summed E-state index contributed by atoms with van der Waals surface area (Å²) < 4.78 is 8.41. The molecule has 0 spiro atoms. The number of nitrogens with zero attached hydrogens (tertiary/aromatic N) is 5. The topological polar surface area (TPSA) is 115 Å². The van der Waals surface area contributed by atoms with Crippen molar-refractivity contribution in [3.63, 3.8) is 0 Å². The number of carbonyl (C=O) groups excluding carboxylic acids is 1. The van der Waals surface area contributed by atoms with Crippen LogP contribution in [0.4, 0.5) is 4.79 Å². The van der Waals surface area contributed by atoms with Crippen molar-refractivity contribution in [2.45, 2.75) is 38.5 Å². The lowest BCUT2D eigenvalue weighted by atomic mass is 9.95. The average molecular weight is 453 g/mol. The number of hydrogen-bond acceptors (Lipinski definition) is 7. The van der Waals surface area contributed by atoms with E-state index < -0.39 is 6.09 Å². The number of piperidine rings is 1. The van der Waals surface area contributed by atoms with Gasteiger partial charge in [0.15, 0.2) is 0 Å². The molecule has 0 radical (unpaired) electrons. The summed E-state index contributed by atoms with van der Waals surface area (Å²) in [4.78, 5) is 28.0. The summed E-state index contributed by atoms with van der Waals surface area (Å²) in [7, 11) is 0. The van der Waals surface area contributed by atoms with Crippen LogP contribution in [0.3, 0.4) is 0 Å². The number of imidazole rings is 1. The highest BCUT2D eigenvalue weighted by Gasteiger charge is 2.27. The van der Waals surface area contributed by atoms with E-state index in [-0.39, 0.29) is 17.6 Å². The molecule has 1 aliphatic heterocycles. The standard InChI is InChI=1S/C23H27N5O5/c29-21-18-3-1-2-4-19(18)22(30)28(21)17-5-6-20(25-13-17)33-23(31)26-10-7-16(8-11-26)14-32-27-12-9-24-15-27/h5-6,9,12-13,15-16,29-30H,1-4,7-8,10-11,14H2. The van der Waals surface area contributed by atoms with E-state index in [0.717, 1.165) is 49.7 Å². The maximum absolute atomic E-state index is 12.5. The second kappa shape index (κ2) is 9.05. The van der Waals surface area contributed by atoms with E-state index in [4.69, 9.17) is 9.57 Å². The molecule has 0 saturated carbocycles. The molecular weight excluding hydrogens is 426 g/mol. The van der Waals surface area contributed by atoms with Gasteiger partial charge in [0.1, 0.15) is 12.9 Å². The molecule has 1 amide bonds. The van der Waals surface area contributed by atoms with Crippen LogP contribution in [0.25, 0.3) is 5.69 Å². The molecule has 0 unspecified atom stereocenters. The number of fused-ring (bicyclic) bond motifs is 1. The van der Waals surface area contributed by atoms with Gasteiger partial charge in [-0.15, -0.1) is 0 Å². The SMILES string of the molecule is O=C(Oc1ccc(-n2c(O)c3c(c2O)CCCC3)cn1)N1CCC(COn2ccnc2)CC1. The normalized spacial score (nSPS) is 16.4. The van der Waals surface area contributed by atoms with Crippen LogP contribution < -0.4 is 9.57 Å². The zero-order valence-corrected chi connectivity index (χ0v) is 18.3. The molecule has 0 aromatic carbocycles. The highest BCUT2D eigenvalue weighted by Crippen LogP contribution is 2.40. The van der Waals surface area contributed by atoms with Crippen LogP contribution in [0.5, 0.6) is 17.6 Å². The fourth-order valence-electron chi connectivity index (χ4n) is 4.53. The first-order valence-electron chi connectivity index (χ1n) is 11.3. The quantitative estimate of drug-likeness (QED) is 0.610. The number of carbonyl (C=O) groups is 1. The smallest absolute Gasteiger partial charge is 0.416 e. The first-order valence-corrected chi connectivity index (χ1v) is 11.3. The van der Waals surface area contributed by atoms with Crippen molar-refractivity contribution in [1.82, 2.24) is 24.2 Å². The van der Waals surface area contributed by atoms with E-state index in [1.54, 1.807) is 40.5 Å². The van der Waals surface area contributed by atoms with Crippen molar-refractivity contribution in [1.29, 1.82) is 0 Å². The number of ether oxygens (including phenoxy) is 1. The van der Waals surface area contributed by atoms with Crippen molar-refractivity contribution < 1.29 is 24.6 Å². The van der Waals surface area contributed by atoms with Gasteiger partial charge in [0.2, 0.25) is 17.6 Å². The van der Waals surface area contributed by atoms with E-state index in [2.05, 4.69) is 9.97 Å². The summed E-state index contributed by atoms with van der Waals surface area (Å²) in [5, 5.41) is 21.2. The van der Waals surface area contributed by atoms with Crippen molar-refractivity contribution in [3.8, 4) is 23.3 Å². The minimum atomic E-state index is -0.439. The summed E-state index contributed by atoms with van der Waals surface area (Å²) in [5.41, 5.74) is 2.11. The molecule has 0 bridgehead atoms. The maximum atomic E-state index is 12.5. The number of rotatable bonds is 5. The molecule has 1 aliphatic carbocycles. The number of pyridine rings is 1. The molecule has 4 heterocycles. The summed E-state index contributed by atoms with van der Waals surface area (Å²) in [6.45, 7) is 1.75. The van der Waals surface area contributed by atoms with Gasteiger partial charge >= 0.3 is 6.09 Å². The Kier molecular flexibility index (Phi) is 5.80. The highest BCUT2D eigenvalue weighted by molar-refractivity contribution is 5.70. The fraction of sp³-hybridized carbons (Fsp3) is 0.435. The minimum Gasteiger partial charge on any atom is -0.494 e. The van der Waals surface area contributed by atoms with Crippen LogP contribution in [-0.2, 0) is 12.8 Å². The predicted octanol–water partition coefficient (Wildman–Crippen LogP) is 2.70. The van der Waals surface area contributed by atoms with Gasteiger partial charge in [0, 0.05) is 36.5 Å². The van der Waals surface area contributed by atoms with Gasteiger partial charge in [-0.1, -0.05) is 0 Å². The van der Waals surface area contributed by atoms with Crippen LogP contribution in [0.2, 0.25) is 0 Å². The van der Waals surface area contributed by atoms with Crippen molar-refractivity contribution in [2.75, 3.05) is 19.7 Å². The Hall–Kier alpha value is -3.69. The predicted molar refractivity (Wildman–Crippen MR) is 118 cm³/mol. The van der Waals surface area contributed by atoms with Gasteiger partial charge in [-0.25, -0.2) is 19.3 Å². The van der Waals surface area contributed by atoms with E-state index in [9.17, 15) is 15.0 Å². The summed E-state index contributed by atoms with van der Waals surface area (Å²) in [6, 6.07) is 3.23. The molecule has 1 saturated heterocycles. The van der Waals surface area contributed by atoms with E-state index >= 15 is 0 Å². The lowest BCUT2D eigenvalue weighted by Crippen LogP contribution is -2.41. The third-order valence-electron chi connectivity index (χ3n) is 6.41. The van der Waals surface area contributed by atoms with Crippen molar-refractivity contribution >= 4 is 6.09 Å². The van der Waals surface area contributed by atoms with E-state index in [1.807, 2.05) is 0 Å². The number of likely N-dealkylation sites (tertiary alicyclic amines) is 1. The molecule has 3 aromatic heterocycles. The second-order valence-electron chi connectivity index (χ2n) is 8.52. The molecule has 10 heteroatoms. The summed E-state index contributed by atoms with van der Waals surface area (Å²) in [6.07, 6.45) is 11.2. The van der Waals surface area contributed by atoms with E-state index in [0.29, 0.717) is 31.3 Å². The second-order valence-corrected chi connectivity index (χ2v) is 8.52. The third kappa shape index (κ3) is 4.33. The minimum absolute atomic E-state index is 0.0497. The third-order valence-corrected chi connectivity index (χ3v) is 6.41. The Bertz CT molecular complexity index is 1070. The van der Waals surface area contributed by atoms with Crippen LogP contribution in [0, 0.1) is 5.92 Å². The van der Waals surface area contributed by atoms with Gasteiger partial charge < -0.3 is 24.7 Å². The first kappa shape index (κ1) is 21.2. The molecule has 174 valence electrons. The van der Waals surface area contributed by atoms with Gasteiger partial charge in [-0.3, -0.25) is 0 Å². The highest BCUT2D eigenvalue weighted by atomic mass is 16.7. The van der Waals surface area contributed by atoms with E-state index in [1.165, 1.54) is 10.8 Å². The van der Waals surface area contributed by atoms with Crippen LogP contribution >= 0.6 is 0 Å². The average Bonchev–Trinajstić information content (AvgIpc) is 3.46. The maximum Gasteiger partial charge on any atom is 0.416 e. The zero-order valence-electron chi connectivity index (χ0n) is 18.3. The molecule has 10 nitrogen and oxygen atoms in total. The van der Waals surface area contributed by atoms with Crippen molar-refractivity contribution in [3.05, 3.63) is 48.2 Å². The number of amides is 1. The lowest BCUT2D eigenvalue weighted by Gasteiger charge is -2.30.